The highest BCUT2D eigenvalue weighted by molar-refractivity contribution is 6.15. The van der Waals surface area contributed by atoms with Gasteiger partial charge in [-0.15, -0.1) is 11.6 Å². The number of alkyl halides is 1. The predicted molar refractivity (Wildman–Crippen MR) is 74.3 cm³/mol. The van der Waals surface area contributed by atoms with Gasteiger partial charge in [-0.25, -0.2) is 0 Å². The summed E-state index contributed by atoms with van der Waals surface area (Å²) in [7, 11) is 0. The van der Waals surface area contributed by atoms with Gasteiger partial charge in [0.25, 0.3) is 0 Å². The van der Waals surface area contributed by atoms with Gasteiger partial charge in [-0.2, -0.15) is 0 Å². The molecule has 0 spiro atoms. The number of rotatable bonds is 0. The lowest BCUT2D eigenvalue weighted by molar-refractivity contribution is 0.482. The molecule has 0 saturated heterocycles. The SMILES string of the molecule is CCl.Cc1cccc2c(O)cc3c(c12)CCN3. The number of aromatic hydroxyl groups is 1. The van der Waals surface area contributed by atoms with Crippen LogP contribution in [0.5, 0.6) is 5.75 Å². The Labute approximate surface area is 106 Å². The van der Waals surface area contributed by atoms with Crippen LogP contribution < -0.4 is 5.32 Å². The molecule has 17 heavy (non-hydrogen) atoms. The van der Waals surface area contributed by atoms with Crippen LogP contribution in [-0.2, 0) is 6.42 Å². The lowest BCUT2D eigenvalue weighted by Gasteiger charge is -2.09. The van der Waals surface area contributed by atoms with E-state index in [0.717, 1.165) is 24.0 Å². The number of phenols is 1. The summed E-state index contributed by atoms with van der Waals surface area (Å²) in [6, 6.07) is 7.91. The fourth-order valence-electron chi connectivity index (χ4n) is 2.46. The first kappa shape index (κ1) is 12.1. The summed E-state index contributed by atoms with van der Waals surface area (Å²) in [6.07, 6.45) is 2.52. The maximum absolute atomic E-state index is 9.92. The van der Waals surface area contributed by atoms with Crippen molar-refractivity contribution >= 4 is 28.1 Å². The molecule has 3 heteroatoms. The summed E-state index contributed by atoms with van der Waals surface area (Å²) in [4.78, 5) is 0. The van der Waals surface area contributed by atoms with Crippen LogP contribution in [0.3, 0.4) is 0 Å². The molecule has 0 atom stereocenters. The minimum absolute atomic E-state index is 0.377. The van der Waals surface area contributed by atoms with Gasteiger partial charge in [-0.1, -0.05) is 18.2 Å². The smallest absolute Gasteiger partial charge is 0.125 e. The van der Waals surface area contributed by atoms with Crippen molar-refractivity contribution < 1.29 is 5.11 Å². The average Bonchev–Trinajstić information content (AvgIpc) is 2.80. The van der Waals surface area contributed by atoms with Gasteiger partial charge in [-0.05, 0) is 29.9 Å². The Morgan fingerprint density at radius 1 is 1.29 bits per heavy atom. The number of fused-ring (bicyclic) bond motifs is 3. The zero-order valence-corrected chi connectivity index (χ0v) is 10.8. The minimum Gasteiger partial charge on any atom is -0.507 e. The van der Waals surface area contributed by atoms with Crippen molar-refractivity contribution in [2.24, 2.45) is 0 Å². The number of hydrogen-bond acceptors (Lipinski definition) is 2. The minimum atomic E-state index is 0.377. The lowest BCUT2D eigenvalue weighted by Crippen LogP contribution is -1.90. The second-order valence-electron chi connectivity index (χ2n) is 4.10. The first-order valence-electron chi connectivity index (χ1n) is 5.63. The van der Waals surface area contributed by atoms with Crippen LogP contribution in [0, 0.1) is 6.92 Å². The van der Waals surface area contributed by atoms with E-state index in [2.05, 4.69) is 29.9 Å². The number of halogens is 1. The van der Waals surface area contributed by atoms with Gasteiger partial charge in [0, 0.05) is 30.1 Å². The molecule has 2 N–H and O–H groups in total. The molecule has 2 nitrogen and oxygen atoms in total. The van der Waals surface area contributed by atoms with E-state index in [1.807, 2.05) is 18.2 Å². The maximum atomic E-state index is 9.92. The van der Waals surface area contributed by atoms with Crippen LogP contribution in [0.1, 0.15) is 11.1 Å². The molecule has 0 aromatic heterocycles. The number of aryl methyl sites for hydroxylation is 1. The third-order valence-corrected chi connectivity index (χ3v) is 3.15. The normalized spacial score (nSPS) is 12.6. The highest BCUT2D eigenvalue weighted by Gasteiger charge is 2.16. The number of nitrogens with one attached hydrogen (secondary N) is 1. The van der Waals surface area contributed by atoms with Gasteiger partial charge in [0.1, 0.15) is 5.75 Å². The average molecular weight is 250 g/mol. The molecule has 3 rings (SSSR count). The molecule has 0 aliphatic carbocycles. The summed E-state index contributed by atoms with van der Waals surface area (Å²) in [5.74, 6) is 0.377. The van der Waals surface area contributed by atoms with Crippen LogP contribution in [0.2, 0.25) is 0 Å². The van der Waals surface area contributed by atoms with Crippen molar-refractivity contribution in [2.75, 3.05) is 18.2 Å². The summed E-state index contributed by atoms with van der Waals surface area (Å²) < 4.78 is 0. The van der Waals surface area contributed by atoms with Crippen LogP contribution in [0.4, 0.5) is 5.69 Å². The summed E-state index contributed by atoms with van der Waals surface area (Å²) >= 11 is 4.64. The summed E-state index contributed by atoms with van der Waals surface area (Å²) in [5, 5.41) is 15.4. The third-order valence-electron chi connectivity index (χ3n) is 3.15. The number of phenolic OH excluding ortho intramolecular Hbond substituents is 1. The van der Waals surface area contributed by atoms with E-state index in [-0.39, 0.29) is 0 Å². The molecule has 0 saturated carbocycles. The molecular weight excluding hydrogens is 234 g/mol. The molecule has 1 aliphatic heterocycles. The van der Waals surface area contributed by atoms with Gasteiger partial charge < -0.3 is 10.4 Å². The predicted octanol–water partition coefficient (Wildman–Crippen LogP) is 3.68. The molecule has 2 aromatic carbocycles. The highest BCUT2D eigenvalue weighted by atomic mass is 35.5. The molecule has 2 aromatic rings. The molecule has 0 bridgehead atoms. The summed E-state index contributed by atoms with van der Waals surface area (Å²) in [5.41, 5.74) is 3.68. The molecule has 0 radical (unpaired) electrons. The van der Waals surface area contributed by atoms with E-state index in [1.54, 1.807) is 0 Å². The van der Waals surface area contributed by atoms with Gasteiger partial charge in [0.05, 0.1) is 0 Å². The van der Waals surface area contributed by atoms with Crippen molar-refractivity contribution in [3.8, 4) is 5.75 Å². The Morgan fingerprint density at radius 3 is 2.82 bits per heavy atom. The van der Waals surface area contributed by atoms with E-state index in [4.69, 9.17) is 0 Å². The van der Waals surface area contributed by atoms with Crippen molar-refractivity contribution in [3.05, 3.63) is 35.4 Å². The monoisotopic (exact) mass is 249 g/mol. The third kappa shape index (κ3) is 1.93. The largest absolute Gasteiger partial charge is 0.507 e. The van der Waals surface area contributed by atoms with Gasteiger partial charge in [0.2, 0.25) is 0 Å². The van der Waals surface area contributed by atoms with Crippen LogP contribution in [0.25, 0.3) is 10.8 Å². The highest BCUT2D eigenvalue weighted by Crippen LogP contribution is 2.37. The number of anilines is 1. The Balaban J connectivity index is 0.000000514. The first-order valence-corrected chi connectivity index (χ1v) is 6.39. The Bertz CT molecular complexity index is 551. The maximum Gasteiger partial charge on any atom is 0.125 e. The van der Waals surface area contributed by atoms with Crippen molar-refractivity contribution in [3.63, 3.8) is 0 Å². The topological polar surface area (TPSA) is 32.3 Å². The van der Waals surface area contributed by atoms with Crippen molar-refractivity contribution in [2.45, 2.75) is 13.3 Å². The second kappa shape index (κ2) is 4.84. The van der Waals surface area contributed by atoms with E-state index < -0.39 is 0 Å². The molecular formula is C14H16ClNO. The van der Waals surface area contributed by atoms with E-state index in [9.17, 15) is 5.11 Å². The first-order chi connectivity index (χ1) is 8.27. The molecule has 0 unspecified atom stereocenters. The zero-order valence-electron chi connectivity index (χ0n) is 10.0. The van der Waals surface area contributed by atoms with E-state index >= 15 is 0 Å². The Kier molecular flexibility index (Phi) is 3.43. The van der Waals surface area contributed by atoms with Crippen LogP contribution in [0.15, 0.2) is 24.3 Å². The van der Waals surface area contributed by atoms with Crippen LogP contribution in [-0.4, -0.2) is 18.0 Å². The van der Waals surface area contributed by atoms with Gasteiger partial charge >= 0.3 is 0 Å². The van der Waals surface area contributed by atoms with Crippen molar-refractivity contribution in [1.29, 1.82) is 0 Å². The van der Waals surface area contributed by atoms with Crippen LogP contribution >= 0.6 is 11.6 Å². The number of benzene rings is 2. The molecule has 1 aliphatic rings. The lowest BCUT2D eigenvalue weighted by atomic mass is 9.97. The fraction of sp³-hybridized carbons (Fsp3) is 0.286. The molecule has 1 heterocycles. The Morgan fingerprint density at radius 2 is 2.06 bits per heavy atom. The fourth-order valence-corrected chi connectivity index (χ4v) is 2.46. The van der Waals surface area contributed by atoms with Gasteiger partial charge in [-0.3, -0.25) is 0 Å². The van der Waals surface area contributed by atoms with Gasteiger partial charge in [0.15, 0.2) is 0 Å². The summed E-state index contributed by atoms with van der Waals surface area (Å²) in [6.45, 7) is 3.07. The standard InChI is InChI=1S/C13H13NO.CH3Cl/c1-8-3-2-4-10-12(15)7-11-9(13(8)10)5-6-14-11;1-2/h2-4,7,14-15H,5-6H2,1H3;1H3. The zero-order chi connectivity index (χ0) is 12.4. The van der Waals surface area contributed by atoms with Crippen molar-refractivity contribution in [1.82, 2.24) is 0 Å². The molecule has 0 fully saturated rings. The Hall–Kier alpha value is -1.41. The second-order valence-corrected chi connectivity index (χ2v) is 4.10. The molecule has 0 amide bonds. The number of hydrogen-bond donors (Lipinski definition) is 2. The van der Waals surface area contributed by atoms with E-state index in [1.165, 1.54) is 22.9 Å². The van der Waals surface area contributed by atoms with E-state index in [0.29, 0.717) is 5.75 Å². The quantitative estimate of drug-likeness (QED) is 0.698. The molecule has 90 valence electrons.